The van der Waals surface area contributed by atoms with E-state index in [4.69, 9.17) is 9.84 Å². The minimum Gasteiger partial charge on any atom is -0.480 e. The lowest BCUT2D eigenvalue weighted by Gasteiger charge is -2.28. The first-order valence-electron chi connectivity index (χ1n) is 5.39. The van der Waals surface area contributed by atoms with Crippen LogP contribution >= 0.6 is 11.8 Å². The zero-order valence-corrected chi connectivity index (χ0v) is 9.74. The van der Waals surface area contributed by atoms with Gasteiger partial charge >= 0.3 is 5.97 Å². The molecule has 2 aliphatic rings. The average molecular weight is 245 g/mol. The summed E-state index contributed by atoms with van der Waals surface area (Å²) in [5, 5.41) is 8.99. The maximum absolute atomic E-state index is 12.1. The van der Waals surface area contributed by atoms with Gasteiger partial charge in [0.1, 0.15) is 6.04 Å². The van der Waals surface area contributed by atoms with Crippen LogP contribution in [0.3, 0.4) is 0 Å². The fourth-order valence-corrected chi connectivity index (χ4v) is 3.19. The van der Waals surface area contributed by atoms with Crippen molar-refractivity contribution in [2.45, 2.75) is 18.9 Å². The summed E-state index contributed by atoms with van der Waals surface area (Å²) in [6.45, 7) is 1.15. The number of carbonyl (C=O) groups is 2. The molecule has 2 heterocycles. The van der Waals surface area contributed by atoms with E-state index in [0.717, 1.165) is 12.8 Å². The molecule has 1 unspecified atom stereocenters. The minimum absolute atomic E-state index is 0.0582. The molecule has 2 fully saturated rings. The summed E-state index contributed by atoms with van der Waals surface area (Å²) in [4.78, 5) is 24.5. The third kappa shape index (κ3) is 2.32. The van der Waals surface area contributed by atoms with Gasteiger partial charge in [0.15, 0.2) is 0 Å². The number of carboxylic acids is 1. The van der Waals surface area contributed by atoms with E-state index < -0.39 is 12.0 Å². The summed E-state index contributed by atoms with van der Waals surface area (Å²) >= 11 is 1.49. The Morgan fingerprint density at radius 2 is 2.25 bits per heavy atom. The van der Waals surface area contributed by atoms with Gasteiger partial charge in [-0.15, -0.1) is 11.8 Å². The van der Waals surface area contributed by atoms with Crippen molar-refractivity contribution in [1.29, 1.82) is 0 Å². The number of nitrogens with zero attached hydrogens (tertiary/aromatic N) is 1. The number of hydrogen-bond acceptors (Lipinski definition) is 4. The second kappa shape index (κ2) is 5.05. The van der Waals surface area contributed by atoms with Crippen LogP contribution in [0.25, 0.3) is 0 Å². The zero-order valence-electron chi connectivity index (χ0n) is 8.92. The van der Waals surface area contributed by atoms with Gasteiger partial charge < -0.3 is 14.7 Å². The number of carboxylic acid groups (broad SMARTS) is 1. The van der Waals surface area contributed by atoms with E-state index in [9.17, 15) is 9.59 Å². The molecule has 1 amide bonds. The maximum Gasteiger partial charge on any atom is 0.327 e. The normalized spacial score (nSPS) is 30.4. The molecule has 0 aliphatic carbocycles. The van der Waals surface area contributed by atoms with Gasteiger partial charge in [0.2, 0.25) is 5.91 Å². The first kappa shape index (κ1) is 11.7. The summed E-state index contributed by atoms with van der Waals surface area (Å²) < 4.78 is 5.26. The Labute approximate surface area is 98.1 Å². The minimum atomic E-state index is -0.907. The number of amides is 1. The number of aliphatic carboxylic acids is 1. The largest absolute Gasteiger partial charge is 0.480 e. The highest BCUT2D eigenvalue weighted by atomic mass is 32.2. The van der Waals surface area contributed by atoms with E-state index in [1.807, 2.05) is 0 Å². The van der Waals surface area contributed by atoms with Crippen molar-refractivity contribution in [3.63, 3.8) is 0 Å². The monoisotopic (exact) mass is 245 g/mol. The van der Waals surface area contributed by atoms with Crippen molar-refractivity contribution in [3.8, 4) is 0 Å². The van der Waals surface area contributed by atoms with Crippen molar-refractivity contribution in [2.75, 3.05) is 24.8 Å². The number of thioether (sulfide) groups is 1. The second-order valence-electron chi connectivity index (χ2n) is 4.08. The Morgan fingerprint density at radius 3 is 2.88 bits per heavy atom. The molecule has 0 saturated carbocycles. The molecular weight excluding hydrogens is 230 g/mol. The first-order valence-corrected chi connectivity index (χ1v) is 6.54. The van der Waals surface area contributed by atoms with Crippen LogP contribution in [0.1, 0.15) is 12.8 Å². The molecule has 0 bridgehead atoms. The average Bonchev–Trinajstić information content (AvgIpc) is 2.78. The van der Waals surface area contributed by atoms with Gasteiger partial charge in [0.25, 0.3) is 0 Å². The highest BCUT2D eigenvalue weighted by Crippen LogP contribution is 2.25. The summed E-state index contributed by atoms with van der Waals surface area (Å²) in [6, 6.07) is -0.653. The predicted octanol–water partition coefficient (Wildman–Crippen LogP) is 0.399. The number of hydrogen-bond donors (Lipinski definition) is 1. The standard InChI is InChI=1S/C10H15NO4S/c12-9(7-2-1-3-15-4-7)11-6-16-5-8(11)10(13)14/h7-8H,1-6H2,(H,13,14)/t7?,8-/m0/s1. The van der Waals surface area contributed by atoms with Crippen LogP contribution in [0.5, 0.6) is 0 Å². The number of rotatable bonds is 2. The Morgan fingerprint density at radius 1 is 1.44 bits per heavy atom. The van der Waals surface area contributed by atoms with Gasteiger partial charge in [0, 0.05) is 12.4 Å². The lowest BCUT2D eigenvalue weighted by atomic mass is 10.0. The summed E-state index contributed by atoms with van der Waals surface area (Å²) in [5.41, 5.74) is 0. The van der Waals surface area contributed by atoms with E-state index in [1.54, 1.807) is 0 Å². The van der Waals surface area contributed by atoms with Gasteiger partial charge in [-0.1, -0.05) is 0 Å². The molecule has 2 aliphatic heterocycles. The van der Waals surface area contributed by atoms with Gasteiger partial charge in [-0.05, 0) is 12.8 Å². The SMILES string of the molecule is O=C(O)[C@@H]1CSCN1C(=O)C1CCCOC1. The van der Waals surface area contributed by atoms with Crippen LogP contribution < -0.4 is 0 Å². The van der Waals surface area contributed by atoms with Crippen molar-refractivity contribution in [1.82, 2.24) is 4.90 Å². The third-order valence-corrected chi connectivity index (χ3v) is 3.97. The molecular formula is C10H15NO4S. The Balaban J connectivity index is 1.99. The van der Waals surface area contributed by atoms with E-state index in [2.05, 4.69) is 0 Å². The summed E-state index contributed by atoms with van der Waals surface area (Å²) in [6.07, 6.45) is 1.70. The fraction of sp³-hybridized carbons (Fsp3) is 0.800. The quantitative estimate of drug-likeness (QED) is 0.762. The number of carbonyl (C=O) groups excluding carboxylic acids is 1. The summed E-state index contributed by atoms with van der Waals surface area (Å²) in [7, 11) is 0. The molecule has 90 valence electrons. The molecule has 0 spiro atoms. The molecule has 16 heavy (non-hydrogen) atoms. The van der Waals surface area contributed by atoms with Crippen molar-refractivity contribution in [3.05, 3.63) is 0 Å². The molecule has 2 saturated heterocycles. The Kier molecular flexibility index (Phi) is 3.70. The molecule has 6 heteroatoms. The van der Waals surface area contributed by atoms with Crippen LogP contribution in [-0.2, 0) is 14.3 Å². The molecule has 0 aromatic rings. The van der Waals surface area contributed by atoms with Crippen molar-refractivity contribution in [2.24, 2.45) is 5.92 Å². The lowest BCUT2D eigenvalue weighted by Crippen LogP contribution is -2.46. The molecule has 0 radical (unpaired) electrons. The highest BCUT2D eigenvalue weighted by molar-refractivity contribution is 7.99. The van der Waals surface area contributed by atoms with Crippen LogP contribution in [0.2, 0.25) is 0 Å². The van der Waals surface area contributed by atoms with Gasteiger partial charge in [-0.2, -0.15) is 0 Å². The van der Waals surface area contributed by atoms with Crippen LogP contribution in [-0.4, -0.2) is 52.8 Å². The van der Waals surface area contributed by atoms with Crippen LogP contribution in [0, 0.1) is 5.92 Å². The topological polar surface area (TPSA) is 66.8 Å². The van der Waals surface area contributed by atoms with E-state index in [1.165, 1.54) is 16.7 Å². The maximum atomic E-state index is 12.1. The van der Waals surface area contributed by atoms with Gasteiger partial charge in [-0.3, -0.25) is 4.79 Å². The molecule has 2 atom stereocenters. The third-order valence-electron chi connectivity index (χ3n) is 2.96. The molecule has 1 N–H and O–H groups in total. The second-order valence-corrected chi connectivity index (χ2v) is 5.08. The number of ether oxygens (including phenoxy) is 1. The summed E-state index contributed by atoms with van der Waals surface area (Å²) in [5.74, 6) is -0.123. The molecule has 0 aromatic carbocycles. The Hall–Kier alpha value is -0.750. The van der Waals surface area contributed by atoms with Gasteiger partial charge in [0.05, 0.1) is 18.4 Å². The van der Waals surface area contributed by atoms with E-state index in [-0.39, 0.29) is 11.8 Å². The van der Waals surface area contributed by atoms with E-state index in [0.29, 0.717) is 24.8 Å². The van der Waals surface area contributed by atoms with Crippen LogP contribution in [0.15, 0.2) is 0 Å². The lowest BCUT2D eigenvalue weighted by molar-refractivity contribution is -0.151. The van der Waals surface area contributed by atoms with Crippen LogP contribution in [0.4, 0.5) is 0 Å². The first-order chi connectivity index (χ1) is 7.70. The zero-order chi connectivity index (χ0) is 11.5. The fourth-order valence-electron chi connectivity index (χ4n) is 2.03. The van der Waals surface area contributed by atoms with Crippen molar-refractivity contribution >= 4 is 23.6 Å². The van der Waals surface area contributed by atoms with E-state index >= 15 is 0 Å². The highest BCUT2D eigenvalue weighted by Gasteiger charge is 2.37. The smallest absolute Gasteiger partial charge is 0.327 e. The van der Waals surface area contributed by atoms with Gasteiger partial charge in [-0.25, -0.2) is 4.79 Å². The molecule has 2 rings (SSSR count). The predicted molar refractivity (Wildman–Crippen MR) is 59.1 cm³/mol. The van der Waals surface area contributed by atoms with Crippen molar-refractivity contribution < 1.29 is 19.4 Å². The molecule has 5 nitrogen and oxygen atoms in total. The molecule has 0 aromatic heterocycles. The Bertz CT molecular complexity index is 291.